The molecule has 0 unspecified atom stereocenters. The summed E-state index contributed by atoms with van der Waals surface area (Å²) in [4.78, 5) is 16.4. The largest absolute Gasteiger partial charge is 0.490 e. The molecule has 6 nitrogen and oxygen atoms in total. The van der Waals surface area contributed by atoms with Gasteiger partial charge in [-0.05, 0) is 38.1 Å². The smallest absolute Gasteiger partial charge is 0.255 e. The maximum absolute atomic E-state index is 12.3. The van der Waals surface area contributed by atoms with Gasteiger partial charge in [-0.3, -0.25) is 4.79 Å². The monoisotopic (exact) mass is 316 g/mol. The van der Waals surface area contributed by atoms with E-state index in [-0.39, 0.29) is 5.91 Å². The molecule has 1 N–H and O–H groups in total. The molecular formula is C17H20N2O4. The summed E-state index contributed by atoms with van der Waals surface area (Å²) in [5, 5.41) is 2.78. The average molecular weight is 316 g/mol. The second kappa shape index (κ2) is 8.03. The van der Waals surface area contributed by atoms with Crippen LogP contribution in [-0.4, -0.2) is 31.2 Å². The number of methoxy groups -OCH3 is 1. The highest BCUT2D eigenvalue weighted by Gasteiger charge is 2.12. The molecule has 1 aromatic heterocycles. The molecule has 0 radical (unpaired) electrons. The van der Waals surface area contributed by atoms with Crippen LogP contribution in [0.2, 0.25) is 0 Å². The third kappa shape index (κ3) is 4.35. The van der Waals surface area contributed by atoms with Gasteiger partial charge in [0, 0.05) is 11.6 Å². The Morgan fingerprint density at radius 3 is 2.43 bits per heavy atom. The fourth-order valence-corrected chi connectivity index (χ4v) is 1.97. The molecule has 0 saturated heterocycles. The minimum atomic E-state index is -0.249. The maximum Gasteiger partial charge on any atom is 0.255 e. The van der Waals surface area contributed by atoms with Gasteiger partial charge in [-0.1, -0.05) is 0 Å². The Labute approximate surface area is 135 Å². The van der Waals surface area contributed by atoms with Gasteiger partial charge in [-0.2, -0.15) is 0 Å². The number of benzene rings is 1. The number of hydrogen-bond donors (Lipinski definition) is 1. The van der Waals surface area contributed by atoms with E-state index in [1.54, 1.807) is 30.3 Å². The normalized spacial score (nSPS) is 10.0. The molecule has 1 aromatic carbocycles. The molecule has 1 heterocycles. The molecule has 0 fully saturated rings. The molecule has 0 aliphatic carbocycles. The molecule has 0 saturated carbocycles. The Morgan fingerprint density at radius 1 is 1.09 bits per heavy atom. The van der Waals surface area contributed by atoms with Gasteiger partial charge in [-0.25, -0.2) is 4.98 Å². The van der Waals surface area contributed by atoms with E-state index in [9.17, 15) is 4.79 Å². The molecule has 0 spiro atoms. The Bertz CT molecular complexity index is 656. The van der Waals surface area contributed by atoms with E-state index in [0.29, 0.717) is 41.8 Å². The van der Waals surface area contributed by atoms with Crippen LogP contribution in [0.15, 0.2) is 36.5 Å². The lowest BCUT2D eigenvalue weighted by atomic mass is 10.2. The number of nitrogens with zero attached hydrogens (tertiary/aromatic N) is 1. The van der Waals surface area contributed by atoms with Gasteiger partial charge in [0.25, 0.3) is 5.91 Å². The number of pyridine rings is 1. The molecular weight excluding hydrogens is 296 g/mol. The lowest BCUT2D eigenvalue weighted by Gasteiger charge is -2.12. The van der Waals surface area contributed by atoms with E-state index < -0.39 is 0 Å². The Kier molecular flexibility index (Phi) is 5.80. The van der Waals surface area contributed by atoms with E-state index in [1.165, 1.54) is 13.3 Å². The molecule has 0 aliphatic rings. The van der Waals surface area contributed by atoms with Crippen molar-refractivity contribution in [2.75, 3.05) is 25.6 Å². The first-order valence-corrected chi connectivity index (χ1v) is 7.39. The lowest BCUT2D eigenvalue weighted by Crippen LogP contribution is -2.12. The zero-order chi connectivity index (χ0) is 16.7. The van der Waals surface area contributed by atoms with Crippen molar-refractivity contribution in [2.24, 2.45) is 0 Å². The zero-order valence-corrected chi connectivity index (χ0v) is 13.5. The quantitative estimate of drug-likeness (QED) is 0.850. The molecule has 2 rings (SSSR count). The van der Waals surface area contributed by atoms with Crippen LogP contribution in [-0.2, 0) is 0 Å². The van der Waals surface area contributed by atoms with Crippen molar-refractivity contribution in [3.63, 3.8) is 0 Å². The summed E-state index contributed by atoms with van der Waals surface area (Å²) in [6.45, 7) is 4.80. The topological polar surface area (TPSA) is 69.7 Å². The Balaban J connectivity index is 2.15. The second-order valence-corrected chi connectivity index (χ2v) is 4.57. The molecule has 1 amide bonds. The van der Waals surface area contributed by atoms with Crippen LogP contribution < -0.4 is 19.5 Å². The van der Waals surface area contributed by atoms with Crippen molar-refractivity contribution in [1.82, 2.24) is 4.98 Å². The first kappa shape index (κ1) is 16.6. The van der Waals surface area contributed by atoms with Crippen molar-refractivity contribution in [1.29, 1.82) is 0 Å². The zero-order valence-electron chi connectivity index (χ0n) is 13.5. The summed E-state index contributed by atoms with van der Waals surface area (Å²) >= 11 is 0. The Morgan fingerprint density at radius 2 is 1.83 bits per heavy atom. The van der Waals surface area contributed by atoms with Gasteiger partial charge in [0.1, 0.15) is 0 Å². The SMILES string of the molecule is CCOc1ccc(C(=O)Nc2ccc(OC)nc2)cc1OCC. The summed E-state index contributed by atoms with van der Waals surface area (Å²) in [6, 6.07) is 8.50. The van der Waals surface area contributed by atoms with Gasteiger partial charge in [0.2, 0.25) is 5.88 Å². The summed E-state index contributed by atoms with van der Waals surface area (Å²) < 4.78 is 16.0. The molecule has 122 valence electrons. The van der Waals surface area contributed by atoms with Crippen molar-refractivity contribution in [3.05, 3.63) is 42.1 Å². The van der Waals surface area contributed by atoms with Gasteiger partial charge in [0.05, 0.1) is 32.2 Å². The number of carbonyl (C=O) groups excluding carboxylic acids is 1. The summed E-state index contributed by atoms with van der Waals surface area (Å²) in [5.41, 5.74) is 1.07. The van der Waals surface area contributed by atoms with Crippen LogP contribution in [0.3, 0.4) is 0 Å². The molecule has 6 heteroatoms. The highest BCUT2D eigenvalue weighted by Crippen LogP contribution is 2.28. The minimum absolute atomic E-state index is 0.249. The second-order valence-electron chi connectivity index (χ2n) is 4.57. The predicted octanol–water partition coefficient (Wildman–Crippen LogP) is 3.14. The number of anilines is 1. The van der Waals surface area contributed by atoms with Crippen LogP contribution in [0.5, 0.6) is 17.4 Å². The number of aromatic nitrogens is 1. The van der Waals surface area contributed by atoms with Crippen LogP contribution in [0.4, 0.5) is 5.69 Å². The standard InChI is InChI=1S/C17H20N2O4/c1-4-22-14-8-6-12(10-15(14)23-5-2)17(20)19-13-7-9-16(21-3)18-11-13/h6-11H,4-5H2,1-3H3,(H,19,20). The first-order chi connectivity index (χ1) is 11.2. The van der Waals surface area contributed by atoms with Crippen molar-refractivity contribution in [2.45, 2.75) is 13.8 Å². The number of hydrogen-bond acceptors (Lipinski definition) is 5. The van der Waals surface area contributed by atoms with Crippen LogP contribution in [0.1, 0.15) is 24.2 Å². The van der Waals surface area contributed by atoms with E-state index in [1.807, 2.05) is 13.8 Å². The highest BCUT2D eigenvalue weighted by molar-refractivity contribution is 6.04. The maximum atomic E-state index is 12.3. The fraction of sp³-hybridized carbons (Fsp3) is 0.294. The number of rotatable bonds is 7. The van der Waals surface area contributed by atoms with Crippen molar-refractivity contribution < 1.29 is 19.0 Å². The lowest BCUT2D eigenvalue weighted by molar-refractivity contribution is 0.102. The number of amides is 1. The van der Waals surface area contributed by atoms with Crippen LogP contribution >= 0.6 is 0 Å². The van der Waals surface area contributed by atoms with E-state index in [2.05, 4.69) is 10.3 Å². The van der Waals surface area contributed by atoms with Crippen molar-refractivity contribution >= 4 is 11.6 Å². The van der Waals surface area contributed by atoms with Gasteiger partial charge >= 0.3 is 0 Å². The van der Waals surface area contributed by atoms with Crippen LogP contribution in [0.25, 0.3) is 0 Å². The summed E-state index contributed by atoms with van der Waals surface area (Å²) in [5.74, 6) is 1.41. The molecule has 23 heavy (non-hydrogen) atoms. The molecule has 0 atom stereocenters. The van der Waals surface area contributed by atoms with Gasteiger partial charge in [-0.15, -0.1) is 0 Å². The van der Waals surface area contributed by atoms with E-state index in [4.69, 9.17) is 14.2 Å². The van der Waals surface area contributed by atoms with Gasteiger partial charge in [0.15, 0.2) is 11.5 Å². The Hall–Kier alpha value is -2.76. The predicted molar refractivity (Wildman–Crippen MR) is 87.5 cm³/mol. The van der Waals surface area contributed by atoms with E-state index >= 15 is 0 Å². The first-order valence-electron chi connectivity index (χ1n) is 7.39. The number of ether oxygens (including phenoxy) is 3. The fourth-order valence-electron chi connectivity index (χ4n) is 1.97. The summed E-state index contributed by atoms with van der Waals surface area (Å²) in [7, 11) is 1.54. The number of carbonyl (C=O) groups is 1. The van der Waals surface area contributed by atoms with Gasteiger partial charge < -0.3 is 19.5 Å². The average Bonchev–Trinajstić information content (AvgIpc) is 2.57. The number of nitrogens with one attached hydrogen (secondary N) is 1. The van der Waals surface area contributed by atoms with E-state index in [0.717, 1.165) is 0 Å². The molecule has 2 aromatic rings. The third-order valence-corrected chi connectivity index (χ3v) is 3.01. The molecule has 0 bridgehead atoms. The van der Waals surface area contributed by atoms with Crippen LogP contribution in [0, 0.1) is 0 Å². The molecule has 0 aliphatic heterocycles. The minimum Gasteiger partial charge on any atom is -0.490 e. The highest BCUT2D eigenvalue weighted by atomic mass is 16.5. The van der Waals surface area contributed by atoms with Crippen molar-refractivity contribution in [3.8, 4) is 17.4 Å². The third-order valence-electron chi connectivity index (χ3n) is 3.01. The summed E-state index contributed by atoms with van der Waals surface area (Å²) in [6.07, 6.45) is 1.54.